The number of benzene rings is 2. The minimum atomic E-state index is -0.757. The number of imidazole rings is 1. The van der Waals surface area contributed by atoms with Gasteiger partial charge in [-0.25, -0.2) is 9.37 Å². The molecule has 1 atom stereocenters. The van der Waals surface area contributed by atoms with Gasteiger partial charge in [-0.05, 0) is 66.6 Å². The van der Waals surface area contributed by atoms with Gasteiger partial charge in [-0.15, -0.1) is 0 Å². The van der Waals surface area contributed by atoms with E-state index in [4.69, 9.17) is 0 Å². The number of aryl methyl sites for hydroxylation is 1. The Bertz CT molecular complexity index is 1210. The normalized spacial score (nSPS) is 16.0. The molecule has 1 aliphatic carbocycles. The van der Waals surface area contributed by atoms with Gasteiger partial charge in [0.15, 0.2) is 0 Å². The largest absolute Gasteiger partial charge is 0.481 e. The zero-order chi connectivity index (χ0) is 20.7. The minimum absolute atomic E-state index is 0.117. The molecule has 30 heavy (non-hydrogen) atoms. The summed E-state index contributed by atoms with van der Waals surface area (Å²) >= 11 is 0. The Balaban J connectivity index is 1.52. The quantitative estimate of drug-likeness (QED) is 0.530. The van der Waals surface area contributed by atoms with Crippen LogP contribution in [0, 0.1) is 11.7 Å². The zero-order valence-corrected chi connectivity index (χ0v) is 16.5. The molecule has 1 unspecified atom stereocenters. The van der Waals surface area contributed by atoms with E-state index in [1.165, 1.54) is 11.6 Å². The van der Waals surface area contributed by atoms with Crippen LogP contribution in [-0.4, -0.2) is 25.2 Å². The zero-order valence-electron chi connectivity index (χ0n) is 16.5. The summed E-state index contributed by atoms with van der Waals surface area (Å²) in [6.07, 6.45) is 7.93. The summed E-state index contributed by atoms with van der Waals surface area (Å²) in [6.45, 7) is 0.668. The Kier molecular flexibility index (Phi) is 4.62. The summed E-state index contributed by atoms with van der Waals surface area (Å²) in [5, 5.41) is 10.2. The van der Waals surface area contributed by atoms with E-state index in [-0.39, 0.29) is 18.2 Å². The highest BCUT2D eigenvalue weighted by atomic mass is 19.1. The van der Waals surface area contributed by atoms with E-state index in [0.717, 1.165) is 40.7 Å². The highest BCUT2D eigenvalue weighted by molar-refractivity contribution is 5.86. The number of carboxylic acids is 1. The summed E-state index contributed by atoms with van der Waals surface area (Å²) < 4.78 is 18.2. The maximum atomic E-state index is 14.0. The monoisotopic (exact) mass is 403 g/mol. The Hall–Kier alpha value is -3.41. The fourth-order valence-corrected chi connectivity index (χ4v) is 4.66. The maximum absolute atomic E-state index is 14.0. The molecule has 5 rings (SSSR count). The van der Waals surface area contributed by atoms with Crippen molar-refractivity contribution in [3.05, 3.63) is 83.8 Å². The van der Waals surface area contributed by atoms with Crippen molar-refractivity contribution in [2.24, 2.45) is 5.92 Å². The average molecular weight is 403 g/mol. The fraction of sp³-hybridized carbons (Fsp3) is 0.250. The Labute approximate surface area is 173 Å². The SMILES string of the molecule is O=C(O)CC1CCc2c(n(Cc3ccc(-n4ccnc4)cc3)c3ccc(F)cc23)C1. The maximum Gasteiger partial charge on any atom is 0.303 e. The van der Waals surface area contributed by atoms with Crippen molar-refractivity contribution in [3.63, 3.8) is 0 Å². The Morgan fingerprint density at radius 1 is 1.20 bits per heavy atom. The number of aliphatic carboxylic acids is 1. The first-order valence-electron chi connectivity index (χ1n) is 10.2. The number of carboxylic acid groups (broad SMARTS) is 1. The Morgan fingerprint density at radius 3 is 2.77 bits per heavy atom. The summed E-state index contributed by atoms with van der Waals surface area (Å²) in [4.78, 5) is 15.3. The smallest absolute Gasteiger partial charge is 0.303 e. The molecular weight excluding hydrogens is 381 g/mol. The molecule has 5 nitrogen and oxygen atoms in total. The molecule has 4 aromatic rings. The first kappa shape index (κ1) is 18.6. The van der Waals surface area contributed by atoms with Gasteiger partial charge < -0.3 is 14.2 Å². The molecule has 0 saturated heterocycles. The van der Waals surface area contributed by atoms with Crippen LogP contribution in [0.4, 0.5) is 4.39 Å². The third-order valence-corrected chi connectivity index (χ3v) is 6.08. The van der Waals surface area contributed by atoms with Crippen LogP contribution in [0.3, 0.4) is 0 Å². The molecule has 0 fully saturated rings. The average Bonchev–Trinajstić information content (AvgIpc) is 3.36. The van der Waals surface area contributed by atoms with E-state index in [1.54, 1.807) is 18.6 Å². The van der Waals surface area contributed by atoms with Gasteiger partial charge in [0.05, 0.1) is 6.33 Å². The molecule has 2 aromatic carbocycles. The van der Waals surface area contributed by atoms with E-state index in [9.17, 15) is 14.3 Å². The standard InChI is InChI=1S/C24H22FN3O2/c25-18-4-8-22-21(13-18)20-7-3-17(12-24(29)30)11-23(20)28(22)14-16-1-5-19(6-2-16)27-10-9-26-15-27/h1-2,4-6,8-10,13,15,17H,3,7,11-12,14H2,(H,29,30). The molecule has 2 aromatic heterocycles. The van der Waals surface area contributed by atoms with Gasteiger partial charge in [0.1, 0.15) is 5.82 Å². The number of hydrogen-bond acceptors (Lipinski definition) is 2. The van der Waals surface area contributed by atoms with Gasteiger partial charge in [0.2, 0.25) is 0 Å². The molecule has 2 heterocycles. The second-order valence-electron chi connectivity index (χ2n) is 8.02. The van der Waals surface area contributed by atoms with Crippen LogP contribution in [0.2, 0.25) is 0 Å². The lowest BCUT2D eigenvalue weighted by Gasteiger charge is -2.23. The molecule has 6 heteroatoms. The van der Waals surface area contributed by atoms with Crippen molar-refractivity contribution in [1.29, 1.82) is 0 Å². The van der Waals surface area contributed by atoms with E-state index in [1.807, 2.05) is 16.8 Å². The van der Waals surface area contributed by atoms with Crippen molar-refractivity contribution in [2.75, 3.05) is 0 Å². The third-order valence-electron chi connectivity index (χ3n) is 6.08. The summed E-state index contributed by atoms with van der Waals surface area (Å²) in [6, 6.07) is 13.3. The second kappa shape index (κ2) is 7.44. The van der Waals surface area contributed by atoms with E-state index in [0.29, 0.717) is 13.0 Å². The highest BCUT2D eigenvalue weighted by Gasteiger charge is 2.27. The van der Waals surface area contributed by atoms with Crippen molar-refractivity contribution < 1.29 is 14.3 Å². The van der Waals surface area contributed by atoms with Crippen LogP contribution >= 0.6 is 0 Å². The molecule has 152 valence electrons. The molecule has 0 radical (unpaired) electrons. The van der Waals surface area contributed by atoms with Crippen LogP contribution in [0.5, 0.6) is 0 Å². The predicted molar refractivity (Wildman–Crippen MR) is 112 cm³/mol. The lowest BCUT2D eigenvalue weighted by Crippen LogP contribution is -2.19. The van der Waals surface area contributed by atoms with E-state index >= 15 is 0 Å². The van der Waals surface area contributed by atoms with Gasteiger partial charge in [-0.2, -0.15) is 0 Å². The van der Waals surface area contributed by atoms with E-state index < -0.39 is 5.97 Å². The van der Waals surface area contributed by atoms with Crippen LogP contribution in [0.1, 0.15) is 29.7 Å². The summed E-state index contributed by atoms with van der Waals surface area (Å²) in [7, 11) is 0. The lowest BCUT2D eigenvalue weighted by molar-refractivity contribution is -0.138. The van der Waals surface area contributed by atoms with E-state index in [2.05, 4.69) is 33.8 Å². The highest BCUT2D eigenvalue weighted by Crippen LogP contribution is 2.36. The van der Waals surface area contributed by atoms with Gasteiger partial charge in [-0.1, -0.05) is 12.1 Å². The first-order valence-corrected chi connectivity index (χ1v) is 10.2. The topological polar surface area (TPSA) is 60.0 Å². The molecule has 1 N–H and O–H groups in total. The number of rotatable bonds is 5. The van der Waals surface area contributed by atoms with Gasteiger partial charge in [0, 0.05) is 47.6 Å². The Morgan fingerprint density at radius 2 is 2.03 bits per heavy atom. The van der Waals surface area contributed by atoms with Crippen molar-refractivity contribution >= 4 is 16.9 Å². The summed E-state index contributed by atoms with van der Waals surface area (Å²) in [5.41, 5.74) is 5.51. The number of fused-ring (bicyclic) bond motifs is 3. The fourth-order valence-electron chi connectivity index (χ4n) is 4.66. The molecule has 0 amide bonds. The predicted octanol–water partition coefficient (Wildman–Crippen LogP) is 4.59. The van der Waals surface area contributed by atoms with Crippen LogP contribution in [0.25, 0.3) is 16.6 Å². The van der Waals surface area contributed by atoms with Crippen LogP contribution in [-0.2, 0) is 24.2 Å². The van der Waals surface area contributed by atoms with Gasteiger partial charge in [0.25, 0.3) is 0 Å². The van der Waals surface area contributed by atoms with Gasteiger partial charge >= 0.3 is 5.97 Å². The van der Waals surface area contributed by atoms with Gasteiger partial charge in [-0.3, -0.25) is 4.79 Å². The molecule has 0 bridgehead atoms. The number of halogens is 1. The number of hydrogen-bond donors (Lipinski definition) is 1. The summed E-state index contributed by atoms with van der Waals surface area (Å²) in [5.74, 6) is -0.876. The van der Waals surface area contributed by atoms with Crippen molar-refractivity contribution in [3.8, 4) is 5.69 Å². The molecular formula is C24H22FN3O2. The number of carbonyl (C=O) groups is 1. The lowest BCUT2D eigenvalue weighted by atomic mass is 9.85. The van der Waals surface area contributed by atoms with Crippen molar-refractivity contribution in [1.82, 2.24) is 14.1 Å². The second-order valence-corrected chi connectivity index (χ2v) is 8.02. The molecule has 0 aliphatic heterocycles. The third kappa shape index (κ3) is 3.38. The molecule has 1 aliphatic rings. The van der Waals surface area contributed by atoms with Crippen LogP contribution in [0.15, 0.2) is 61.2 Å². The minimum Gasteiger partial charge on any atom is -0.481 e. The number of aromatic nitrogens is 3. The first-order chi connectivity index (χ1) is 14.6. The molecule has 0 saturated carbocycles. The van der Waals surface area contributed by atoms with Crippen molar-refractivity contribution in [2.45, 2.75) is 32.2 Å². The number of nitrogens with zero attached hydrogens (tertiary/aromatic N) is 3. The van der Waals surface area contributed by atoms with Crippen LogP contribution < -0.4 is 0 Å². The molecule has 0 spiro atoms.